The topological polar surface area (TPSA) is 127 Å². The molecule has 1 unspecified atom stereocenters. The summed E-state index contributed by atoms with van der Waals surface area (Å²) >= 11 is 0. The van der Waals surface area contributed by atoms with Crippen molar-refractivity contribution in [2.75, 3.05) is 26.1 Å². The Morgan fingerprint density at radius 3 is 2.71 bits per heavy atom. The second-order valence-electron chi connectivity index (χ2n) is 9.76. The molecule has 0 saturated carbocycles. The molecule has 0 fully saturated rings. The fourth-order valence-electron chi connectivity index (χ4n) is 5.02. The maximum absolute atomic E-state index is 12.0. The lowest BCUT2D eigenvalue weighted by molar-refractivity contribution is 0.0600. The van der Waals surface area contributed by atoms with E-state index in [1.165, 1.54) is 20.4 Å². The first-order valence-electron chi connectivity index (χ1n) is 13.5. The lowest BCUT2D eigenvalue weighted by atomic mass is 9.91. The molecule has 4 aromatic rings. The van der Waals surface area contributed by atoms with Crippen molar-refractivity contribution in [2.45, 2.75) is 32.1 Å². The van der Waals surface area contributed by atoms with Gasteiger partial charge in [0.15, 0.2) is 0 Å². The van der Waals surface area contributed by atoms with Crippen LogP contribution < -0.4 is 10.1 Å². The van der Waals surface area contributed by atoms with Gasteiger partial charge in [-0.3, -0.25) is 9.67 Å². The predicted octanol–water partition coefficient (Wildman–Crippen LogP) is 5.40. The lowest BCUT2D eigenvalue weighted by Crippen LogP contribution is -2.09. The number of aromatic nitrogens is 4. The Labute approximate surface area is 239 Å². The largest absolute Gasteiger partial charge is 0.495 e. The molecule has 5 rings (SSSR count). The van der Waals surface area contributed by atoms with Gasteiger partial charge in [-0.25, -0.2) is 14.8 Å². The number of ether oxygens (including phenoxy) is 2. The summed E-state index contributed by atoms with van der Waals surface area (Å²) in [5.74, 6) is 0.283. The molecule has 2 aromatic carbocycles. The van der Waals surface area contributed by atoms with E-state index in [0.29, 0.717) is 22.9 Å². The highest BCUT2D eigenvalue weighted by atomic mass is 16.5. The number of hydrogen-bond acceptors (Lipinski definition) is 9. The van der Waals surface area contributed by atoms with Gasteiger partial charge in [-0.05, 0) is 48.6 Å². The summed E-state index contributed by atoms with van der Waals surface area (Å²) in [6.07, 6.45) is 7.69. The van der Waals surface area contributed by atoms with Crippen molar-refractivity contribution >= 4 is 30.0 Å². The molecule has 0 spiro atoms. The maximum Gasteiger partial charge on any atom is 0.337 e. The monoisotopic (exact) mass is 551 g/mol. The second kappa shape index (κ2) is 12.1. The summed E-state index contributed by atoms with van der Waals surface area (Å²) in [6, 6.07) is 13.2. The Bertz CT molecular complexity index is 1610. The third-order valence-electron chi connectivity index (χ3n) is 7.09. The number of carbonyl (C=O) groups is 1. The number of nitrogens with zero attached hydrogens (tertiary/aromatic N) is 5. The van der Waals surface area contributed by atoms with E-state index in [0.717, 1.165) is 65.1 Å². The lowest BCUT2D eigenvalue weighted by Gasteiger charge is -2.18. The highest BCUT2D eigenvalue weighted by Gasteiger charge is 2.27. The van der Waals surface area contributed by atoms with Crippen molar-refractivity contribution in [3.05, 3.63) is 71.0 Å². The Kier molecular flexibility index (Phi) is 8.19. The molecule has 41 heavy (non-hydrogen) atoms. The minimum atomic E-state index is -0.442. The smallest absolute Gasteiger partial charge is 0.337 e. The van der Waals surface area contributed by atoms with Crippen LogP contribution in [-0.4, -0.2) is 58.9 Å². The zero-order valence-corrected chi connectivity index (χ0v) is 23.6. The molecule has 1 aliphatic rings. The number of esters is 1. The first-order chi connectivity index (χ1) is 20.0. The molecule has 0 aliphatic heterocycles. The van der Waals surface area contributed by atoms with Crippen molar-refractivity contribution in [1.82, 2.24) is 19.7 Å². The molecule has 0 bridgehead atoms. The van der Waals surface area contributed by atoms with Crippen molar-refractivity contribution < 1.29 is 14.3 Å². The molecular formula is C31H33N7O3. The Morgan fingerprint density at radius 1 is 1.20 bits per heavy atom. The molecule has 0 saturated heterocycles. The van der Waals surface area contributed by atoms with Crippen LogP contribution in [0.25, 0.3) is 22.5 Å². The van der Waals surface area contributed by atoms with Crippen molar-refractivity contribution in [3.63, 3.8) is 0 Å². The highest BCUT2D eigenvalue weighted by Crippen LogP contribution is 2.40. The maximum atomic E-state index is 12.0. The fraction of sp³-hybridized carbons (Fsp3) is 0.290. The van der Waals surface area contributed by atoms with Crippen LogP contribution in [0.2, 0.25) is 0 Å². The Balaban J connectivity index is 1.49. The average molecular weight is 552 g/mol. The molecule has 10 heteroatoms. The second-order valence-corrected chi connectivity index (χ2v) is 9.76. The number of nitrogens with one attached hydrogen (secondary N) is 2. The number of aryl methyl sites for hydroxylation is 3. The van der Waals surface area contributed by atoms with Gasteiger partial charge in [0, 0.05) is 43.3 Å². The number of rotatable bonds is 10. The highest BCUT2D eigenvalue weighted by molar-refractivity contribution is 5.91. The predicted molar refractivity (Wildman–Crippen MR) is 160 cm³/mol. The summed E-state index contributed by atoms with van der Waals surface area (Å²) in [5.41, 5.74) is 7.90. The Hall–Kier alpha value is -4.86. The molecule has 0 radical (unpaired) electrons. The zero-order chi connectivity index (χ0) is 28.9. The van der Waals surface area contributed by atoms with E-state index in [4.69, 9.17) is 25.0 Å². The number of methoxy groups -OCH3 is 2. The molecule has 2 N–H and O–H groups in total. The van der Waals surface area contributed by atoms with Gasteiger partial charge in [0.25, 0.3) is 0 Å². The number of carbonyl (C=O) groups excluding carboxylic acids is 1. The van der Waals surface area contributed by atoms with Crippen LogP contribution >= 0.6 is 0 Å². The first kappa shape index (κ1) is 27.7. The number of anilines is 2. The van der Waals surface area contributed by atoms with Crippen molar-refractivity contribution in [2.24, 2.45) is 12.0 Å². The summed E-state index contributed by atoms with van der Waals surface area (Å²) in [4.78, 5) is 25.9. The van der Waals surface area contributed by atoms with E-state index in [9.17, 15) is 4.79 Å². The van der Waals surface area contributed by atoms with Gasteiger partial charge in [-0.2, -0.15) is 5.10 Å². The third-order valence-corrected chi connectivity index (χ3v) is 7.09. The van der Waals surface area contributed by atoms with Crippen LogP contribution in [0.5, 0.6) is 5.75 Å². The van der Waals surface area contributed by atoms with Gasteiger partial charge < -0.3 is 20.2 Å². The van der Waals surface area contributed by atoms with Gasteiger partial charge in [-0.1, -0.05) is 31.2 Å². The molecule has 1 atom stereocenters. The Morgan fingerprint density at radius 2 is 2.00 bits per heavy atom. The van der Waals surface area contributed by atoms with Crippen LogP contribution in [0.3, 0.4) is 0 Å². The molecule has 1 aliphatic carbocycles. The molecule has 2 heterocycles. The number of benzene rings is 2. The number of aliphatic imine (C=N–C) groups is 1. The zero-order valence-electron chi connectivity index (χ0n) is 23.6. The van der Waals surface area contributed by atoms with E-state index in [-0.39, 0.29) is 5.92 Å². The molecular weight excluding hydrogens is 518 g/mol. The first-order valence-corrected chi connectivity index (χ1v) is 13.5. The van der Waals surface area contributed by atoms with Gasteiger partial charge in [0.1, 0.15) is 5.75 Å². The van der Waals surface area contributed by atoms with E-state index in [1.54, 1.807) is 18.2 Å². The van der Waals surface area contributed by atoms with E-state index < -0.39 is 5.97 Å². The van der Waals surface area contributed by atoms with Crippen LogP contribution in [0, 0.1) is 5.41 Å². The van der Waals surface area contributed by atoms with Gasteiger partial charge in [-0.15, -0.1) is 0 Å². The van der Waals surface area contributed by atoms with Gasteiger partial charge in [0.2, 0.25) is 5.95 Å². The normalized spacial score (nSPS) is 12.9. The van der Waals surface area contributed by atoms with E-state index in [2.05, 4.69) is 34.3 Å². The SMILES string of the molecule is CCCN=CC(C=N)c1ccc(-c2c3c(nn2C)CCc2cnc(Nc4ccc(C(=O)OC)cc4OC)nc2-3)cc1. The third kappa shape index (κ3) is 5.58. The van der Waals surface area contributed by atoms with Crippen LogP contribution in [0.1, 0.15) is 46.4 Å². The number of fused-ring (bicyclic) bond motifs is 3. The van der Waals surface area contributed by atoms with Crippen LogP contribution in [0.4, 0.5) is 11.6 Å². The summed E-state index contributed by atoms with van der Waals surface area (Å²) in [7, 11) is 4.83. The molecule has 210 valence electrons. The molecule has 0 amide bonds. The van der Waals surface area contributed by atoms with Gasteiger partial charge in [0.05, 0.1) is 48.5 Å². The van der Waals surface area contributed by atoms with Crippen LogP contribution in [-0.2, 0) is 24.6 Å². The van der Waals surface area contributed by atoms with Gasteiger partial charge >= 0.3 is 5.97 Å². The molecule has 2 aromatic heterocycles. The summed E-state index contributed by atoms with van der Waals surface area (Å²) in [5, 5.41) is 15.9. The van der Waals surface area contributed by atoms with Crippen LogP contribution in [0.15, 0.2) is 53.7 Å². The van der Waals surface area contributed by atoms with E-state index >= 15 is 0 Å². The minimum Gasteiger partial charge on any atom is -0.495 e. The van der Waals surface area contributed by atoms with Crippen molar-refractivity contribution in [3.8, 4) is 28.3 Å². The number of hydrogen-bond donors (Lipinski definition) is 2. The van der Waals surface area contributed by atoms with E-state index in [1.807, 2.05) is 36.3 Å². The average Bonchev–Trinajstić information content (AvgIpc) is 3.35. The fourth-order valence-corrected chi connectivity index (χ4v) is 5.02. The minimum absolute atomic E-state index is 0.156. The summed E-state index contributed by atoms with van der Waals surface area (Å²) < 4.78 is 12.2. The van der Waals surface area contributed by atoms with Crippen molar-refractivity contribution in [1.29, 1.82) is 5.41 Å². The quantitative estimate of drug-likeness (QED) is 0.200. The molecule has 10 nitrogen and oxygen atoms in total. The summed E-state index contributed by atoms with van der Waals surface area (Å²) in [6.45, 7) is 2.84. The standard InChI is InChI=1S/C31H33N7O3/c1-5-14-33-17-23(16-32)19-6-8-20(9-7-19)29-27-25(37-38(29)2)13-11-22-18-34-31(36-28(22)27)35-24-12-10-21(30(39)41-4)15-26(24)40-3/h6-10,12,15-18,23,32H,5,11,13-14H2,1-4H3,(H,34,35,36).